The summed E-state index contributed by atoms with van der Waals surface area (Å²) in [5.41, 5.74) is 13.2. The quantitative estimate of drug-likeness (QED) is 0.189. The van der Waals surface area contributed by atoms with Crippen LogP contribution in [0, 0.1) is 5.92 Å². The van der Waals surface area contributed by atoms with Gasteiger partial charge in [0.2, 0.25) is 0 Å². The van der Waals surface area contributed by atoms with Crippen molar-refractivity contribution in [1.29, 1.82) is 0 Å². The molecule has 0 radical (unpaired) electrons. The van der Waals surface area contributed by atoms with E-state index in [0.717, 1.165) is 5.03 Å². The van der Waals surface area contributed by atoms with Gasteiger partial charge in [0.1, 0.15) is 0 Å². The summed E-state index contributed by atoms with van der Waals surface area (Å²) >= 11 is 6.66. The van der Waals surface area contributed by atoms with Crippen LogP contribution in [0.3, 0.4) is 0 Å². The molecule has 0 heterocycles. The molecule has 5 aromatic rings. The Hall–Kier alpha value is -4.13. The lowest BCUT2D eigenvalue weighted by atomic mass is 9.51. The second kappa shape index (κ2) is 7.50. The highest BCUT2D eigenvalue weighted by molar-refractivity contribution is 6.31. The molecule has 39 heavy (non-hydrogen) atoms. The largest absolute Gasteiger partial charge is 0.0847 e. The van der Waals surface area contributed by atoms with Gasteiger partial charge < -0.3 is 0 Å². The number of hydrogen-bond donors (Lipinski definition) is 0. The summed E-state index contributed by atoms with van der Waals surface area (Å²) in [6, 6.07) is 45.7. The topological polar surface area (TPSA) is 0 Å². The standard InChI is InChI=1S/C38H25Cl/c39-24-21-22-32-28(23-24)27-13-3-6-16-31(27)38(32)35-19-9-7-17-33(35)37(34-18-8-10-20-36(34)38)29-14-4-1-11-25(29)26-12-2-5-15-30(26)37/h1-23,28,32H. The van der Waals surface area contributed by atoms with Gasteiger partial charge >= 0.3 is 0 Å². The van der Waals surface area contributed by atoms with Gasteiger partial charge in [-0.15, -0.1) is 0 Å². The Morgan fingerprint density at radius 2 is 0.949 bits per heavy atom. The van der Waals surface area contributed by atoms with Crippen molar-refractivity contribution in [2.24, 2.45) is 5.92 Å². The fourth-order valence-electron chi connectivity index (χ4n) is 8.73. The molecule has 0 nitrogen and oxygen atoms in total. The number of hydrogen-bond acceptors (Lipinski definition) is 0. The van der Waals surface area contributed by atoms with E-state index in [1.165, 1.54) is 55.6 Å². The smallest absolute Gasteiger partial charge is 0.0719 e. The SMILES string of the molecule is ClC1=CC2c3ccccc3C3(c4ccccc4C4(c5ccccc5-c5ccccc54)c4ccccc43)C2C=C1. The van der Waals surface area contributed by atoms with Crippen LogP contribution < -0.4 is 0 Å². The van der Waals surface area contributed by atoms with Gasteiger partial charge in [0.25, 0.3) is 0 Å². The molecule has 0 bridgehead atoms. The summed E-state index contributed by atoms with van der Waals surface area (Å²) in [4.78, 5) is 0. The van der Waals surface area contributed by atoms with E-state index >= 15 is 0 Å². The Bertz CT molecular complexity index is 1810. The molecule has 4 aliphatic rings. The van der Waals surface area contributed by atoms with E-state index in [9.17, 15) is 0 Å². The van der Waals surface area contributed by atoms with Gasteiger partial charge in [-0.2, -0.15) is 0 Å². The Balaban J connectivity index is 1.49. The van der Waals surface area contributed by atoms with Crippen molar-refractivity contribution in [3.63, 3.8) is 0 Å². The molecule has 0 saturated heterocycles. The lowest BCUT2D eigenvalue weighted by Crippen LogP contribution is -2.46. The Kier molecular flexibility index (Phi) is 4.18. The van der Waals surface area contributed by atoms with Gasteiger partial charge in [-0.3, -0.25) is 0 Å². The van der Waals surface area contributed by atoms with Crippen LogP contribution in [-0.4, -0.2) is 0 Å². The molecule has 2 atom stereocenters. The molecule has 4 aliphatic carbocycles. The van der Waals surface area contributed by atoms with Crippen LogP contribution in [0.2, 0.25) is 0 Å². The van der Waals surface area contributed by atoms with Crippen LogP contribution in [0.15, 0.2) is 145 Å². The fourth-order valence-corrected chi connectivity index (χ4v) is 8.94. The highest BCUT2D eigenvalue weighted by Crippen LogP contribution is 2.68. The Morgan fingerprint density at radius 1 is 0.487 bits per heavy atom. The van der Waals surface area contributed by atoms with Gasteiger partial charge in [0.15, 0.2) is 0 Å². The summed E-state index contributed by atoms with van der Waals surface area (Å²) in [6.45, 7) is 0. The third kappa shape index (κ3) is 2.39. The molecule has 184 valence electrons. The first-order chi connectivity index (χ1) is 19.3. The van der Waals surface area contributed by atoms with E-state index in [1.807, 2.05) is 0 Å². The molecule has 0 fully saturated rings. The molecule has 0 saturated carbocycles. The molecule has 0 aliphatic heterocycles. The van der Waals surface area contributed by atoms with Crippen LogP contribution >= 0.6 is 11.6 Å². The predicted octanol–water partition coefficient (Wildman–Crippen LogP) is 9.10. The van der Waals surface area contributed by atoms with Crippen molar-refractivity contribution in [2.45, 2.75) is 16.7 Å². The van der Waals surface area contributed by atoms with Crippen molar-refractivity contribution in [3.8, 4) is 11.1 Å². The summed E-state index contributed by atoms with van der Waals surface area (Å²) in [6.07, 6.45) is 6.77. The molecule has 0 amide bonds. The minimum atomic E-state index is -0.371. The third-order valence-corrected chi connectivity index (χ3v) is 10.1. The number of allylic oxidation sites excluding steroid dienone is 4. The maximum absolute atomic E-state index is 6.66. The van der Waals surface area contributed by atoms with Crippen molar-refractivity contribution in [3.05, 3.63) is 189 Å². The van der Waals surface area contributed by atoms with Crippen molar-refractivity contribution in [2.75, 3.05) is 0 Å². The molecule has 0 N–H and O–H groups in total. The van der Waals surface area contributed by atoms with Crippen molar-refractivity contribution in [1.82, 2.24) is 0 Å². The molecule has 9 rings (SSSR count). The number of rotatable bonds is 0. The second-order valence-electron chi connectivity index (χ2n) is 11.3. The minimum absolute atomic E-state index is 0.233. The first kappa shape index (κ1) is 21.8. The van der Waals surface area contributed by atoms with E-state index in [4.69, 9.17) is 11.6 Å². The minimum Gasteiger partial charge on any atom is -0.0847 e. The third-order valence-electron chi connectivity index (χ3n) is 9.90. The molecule has 2 spiro atoms. The highest BCUT2D eigenvalue weighted by atomic mass is 35.5. The van der Waals surface area contributed by atoms with Crippen LogP contribution in [0.1, 0.15) is 50.4 Å². The summed E-state index contributed by atoms with van der Waals surface area (Å²) < 4.78 is 0. The number of halogens is 1. The fraction of sp³-hybridized carbons (Fsp3) is 0.105. The zero-order valence-corrected chi connectivity index (χ0v) is 22.1. The molecular weight excluding hydrogens is 492 g/mol. The lowest BCUT2D eigenvalue weighted by Gasteiger charge is -2.50. The maximum Gasteiger partial charge on any atom is 0.0719 e. The maximum atomic E-state index is 6.66. The van der Waals surface area contributed by atoms with E-state index in [-0.39, 0.29) is 22.7 Å². The number of fused-ring (bicyclic) bond motifs is 16. The predicted molar refractivity (Wildman–Crippen MR) is 159 cm³/mol. The monoisotopic (exact) mass is 516 g/mol. The van der Waals surface area contributed by atoms with Crippen molar-refractivity contribution < 1.29 is 0 Å². The molecule has 5 aromatic carbocycles. The van der Waals surface area contributed by atoms with E-state index in [0.29, 0.717) is 0 Å². The Morgan fingerprint density at radius 3 is 1.54 bits per heavy atom. The average molecular weight is 517 g/mol. The highest BCUT2D eigenvalue weighted by Gasteiger charge is 2.61. The summed E-state index contributed by atoms with van der Waals surface area (Å²) in [5, 5.41) is 0.829. The van der Waals surface area contributed by atoms with Gasteiger partial charge in [0, 0.05) is 16.9 Å². The molecule has 2 unspecified atom stereocenters. The second-order valence-corrected chi connectivity index (χ2v) is 11.7. The van der Waals surface area contributed by atoms with Gasteiger partial charge in [-0.05, 0) is 61.7 Å². The average Bonchev–Trinajstić information content (AvgIpc) is 3.45. The van der Waals surface area contributed by atoms with Crippen LogP contribution in [0.25, 0.3) is 11.1 Å². The number of benzene rings is 5. The van der Waals surface area contributed by atoms with Crippen LogP contribution in [0.4, 0.5) is 0 Å². The lowest BCUT2D eigenvalue weighted by molar-refractivity contribution is 0.431. The van der Waals surface area contributed by atoms with Gasteiger partial charge in [-0.1, -0.05) is 145 Å². The summed E-state index contributed by atoms with van der Waals surface area (Å²) in [7, 11) is 0. The zero-order chi connectivity index (χ0) is 25.8. The first-order valence-corrected chi connectivity index (χ1v) is 14.2. The van der Waals surface area contributed by atoms with Crippen LogP contribution in [0.5, 0.6) is 0 Å². The molecule has 0 aromatic heterocycles. The van der Waals surface area contributed by atoms with E-state index in [1.54, 1.807) is 0 Å². The molecular formula is C38H25Cl. The normalized spacial score (nSPS) is 21.4. The van der Waals surface area contributed by atoms with Gasteiger partial charge in [0.05, 0.1) is 10.8 Å². The Labute approximate surface area is 233 Å². The van der Waals surface area contributed by atoms with Gasteiger partial charge in [-0.25, -0.2) is 0 Å². The van der Waals surface area contributed by atoms with E-state index < -0.39 is 0 Å². The van der Waals surface area contributed by atoms with Crippen molar-refractivity contribution >= 4 is 11.6 Å². The zero-order valence-electron chi connectivity index (χ0n) is 21.3. The molecule has 1 heteroatoms. The first-order valence-electron chi connectivity index (χ1n) is 13.8. The van der Waals surface area contributed by atoms with Crippen LogP contribution in [-0.2, 0) is 10.8 Å². The van der Waals surface area contributed by atoms with E-state index in [2.05, 4.69) is 140 Å². The summed E-state index contributed by atoms with van der Waals surface area (Å²) in [5.74, 6) is 0.473.